The van der Waals surface area contributed by atoms with Crippen molar-refractivity contribution >= 4 is 23.9 Å². The van der Waals surface area contributed by atoms with Gasteiger partial charge < -0.3 is 66.6 Å². The summed E-state index contributed by atoms with van der Waals surface area (Å²) in [4.78, 5) is 56.6. The van der Waals surface area contributed by atoms with E-state index in [1.54, 1.807) is 41.7 Å². The number of methoxy groups -OCH3 is 2. The van der Waals surface area contributed by atoms with Gasteiger partial charge in [0.1, 0.15) is 26.4 Å². The minimum Gasteiger partial charge on any atom is -0.460 e. The number of ether oxygens (including phenoxy) is 12. The lowest BCUT2D eigenvalue weighted by Gasteiger charge is -2.28. The zero-order chi connectivity index (χ0) is 43.1. The summed E-state index contributed by atoms with van der Waals surface area (Å²) in [6, 6.07) is 0. The second-order valence-corrected chi connectivity index (χ2v) is 12.8. The highest BCUT2D eigenvalue weighted by atomic mass is 16.6. The maximum Gasteiger partial charge on any atom is 0.332 e. The van der Waals surface area contributed by atoms with Crippen LogP contribution in [0.25, 0.3) is 0 Å². The van der Waals surface area contributed by atoms with Crippen LogP contribution in [0.4, 0.5) is 0 Å². The lowest BCUT2D eigenvalue weighted by atomic mass is 10.4. The predicted molar refractivity (Wildman–Crippen MR) is 215 cm³/mol. The van der Waals surface area contributed by atoms with Gasteiger partial charge in [-0.05, 0) is 0 Å². The summed E-state index contributed by atoms with van der Waals surface area (Å²) in [7, 11) is 3.10. The van der Waals surface area contributed by atoms with E-state index in [1.165, 1.54) is 31.4 Å². The van der Waals surface area contributed by atoms with Crippen molar-refractivity contribution < 1.29 is 76.0 Å². The molecule has 0 N–H and O–H groups in total. The van der Waals surface area contributed by atoms with E-state index in [0.29, 0.717) is 98.9 Å². The van der Waals surface area contributed by atoms with E-state index < -0.39 is 23.9 Å². The van der Waals surface area contributed by atoms with Crippen LogP contribution in [0.5, 0.6) is 0 Å². The topological polar surface area (TPSA) is 192 Å². The first-order valence-electron chi connectivity index (χ1n) is 20.2. The Morgan fingerprint density at radius 1 is 0.433 bits per heavy atom. The summed E-state index contributed by atoms with van der Waals surface area (Å²) in [5.41, 5.74) is 0. The van der Waals surface area contributed by atoms with Crippen molar-refractivity contribution in [2.75, 3.05) is 186 Å². The highest BCUT2D eigenvalue weighted by molar-refractivity contribution is 5.83. The molecule has 2 rings (SSSR count). The van der Waals surface area contributed by atoms with Gasteiger partial charge in [-0.2, -0.15) is 0 Å². The fourth-order valence-corrected chi connectivity index (χ4v) is 5.00. The number of carbonyl (C=O) groups is 4. The molecule has 0 aromatic heterocycles. The zero-order valence-electron chi connectivity index (χ0n) is 35.3. The number of hydrogen-bond donors (Lipinski definition) is 0. The molecule has 60 heavy (non-hydrogen) atoms. The first-order chi connectivity index (χ1) is 29.4. The number of rotatable bonds is 35. The number of nitrogens with zero attached hydrogens (tertiary/aromatic N) is 4. The van der Waals surface area contributed by atoms with Crippen molar-refractivity contribution in [2.45, 2.75) is 0 Å². The Morgan fingerprint density at radius 2 is 0.700 bits per heavy atom. The van der Waals surface area contributed by atoms with Gasteiger partial charge in [-0.3, -0.25) is 9.80 Å². The van der Waals surface area contributed by atoms with Gasteiger partial charge in [-0.1, -0.05) is 0 Å². The molecule has 2 saturated heterocycles. The van der Waals surface area contributed by atoms with Crippen molar-refractivity contribution in [3.05, 3.63) is 49.1 Å². The quantitative estimate of drug-likeness (QED) is 0.0353. The molecule has 0 spiro atoms. The van der Waals surface area contributed by atoms with Crippen LogP contribution < -0.4 is 0 Å². The van der Waals surface area contributed by atoms with Gasteiger partial charge in [0, 0.05) is 116 Å². The zero-order valence-corrected chi connectivity index (χ0v) is 35.3. The van der Waals surface area contributed by atoms with E-state index in [-0.39, 0.29) is 46.2 Å². The Hall–Kier alpha value is -3.96. The second kappa shape index (κ2) is 36.9. The van der Waals surface area contributed by atoms with Crippen molar-refractivity contribution in [1.29, 1.82) is 0 Å². The summed E-state index contributed by atoms with van der Waals surface area (Å²) in [6.45, 7) is 11.8. The Morgan fingerprint density at radius 3 is 1.02 bits per heavy atom. The summed E-state index contributed by atoms with van der Waals surface area (Å²) < 4.78 is 62.9. The largest absolute Gasteiger partial charge is 0.460 e. The van der Waals surface area contributed by atoms with Gasteiger partial charge in [-0.15, -0.1) is 0 Å². The second-order valence-electron chi connectivity index (χ2n) is 12.8. The highest BCUT2D eigenvalue weighted by Crippen LogP contribution is 2.02. The molecule has 20 heteroatoms. The first-order valence-corrected chi connectivity index (χ1v) is 20.2. The number of hydrogen-bond acceptors (Lipinski definition) is 20. The van der Waals surface area contributed by atoms with Gasteiger partial charge in [0.25, 0.3) is 0 Å². The van der Waals surface area contributed by atoms with Gasteiger partial charge in [-0.25, -0.2) is 19.2 Å². The van der Waals surface area contributed by atoms with Crippen molar-refractivity contribution in [2.24, 2.45) is 0 Å². The van der Waals surface area contributed by atoms with Crippen LogP contribution in [0, 0.1) is 0 Å². The standard InChI is InChI=1S/C40H66N4O16/c1-49-23-25-53-30-34-58-38(46)4-9-42(12-14-44-17-21-52-22-18-44)10-6-40(48)60-36-32-56-29-27-54-26-28-55-31-35-59-39(47)5-8-41(7-3-37(45)57-33-24-50-2)11-13-43-15-19-51-20-16-43/h3-10H,11-36H2,1-2H3/b7-3+,8-5+,9-4+,10-6+. The van der Waals surface area contributed by atoms with Crippen molar-refractivity contribution in [3.63, 3.8) is 0 Å². The molecule has 0 saturated carbocycles. The summed E-state index contributed by atoms with van der Waals surface area (Å²) >= 11 is 0. The predicted octanol–water partition coefficient (Wildman–Crippen LogP) is -0.158. The number of morpholine rings is 2. The summed E-state index contributed by atoms with van der Waals surface area (Å²) in [6.07, 6.45) is 11.4. The van der Waals surface area contributed by atoms with Gasteiger partial charge >= 0.3 is 23.9 Å². The third-order valence-electron chi connectivity index (χ3n) is 8.29. The SMILES string of the molecule is COCCOCCOC(=O)/C=C/N(/C=C/C(=O)OCCOCCOCCOCCOC(=O)/C=C/N(/C=C/C(=O)OCCOC)CCN1CCOCC1)CCN1CCOCC1. The molecular formula is C40H66N4O16. The van der Waals surface area contributed by atoms with E-state index >= 15 is 0 Å². The number of esters is 4. The summed E-state index contributed by atoms with van der Waals surface area (Å²) in [5, 5.41) is 0. The molecule has 0 bridgehead atoms. The van der Waals surface area contributed by atoms with Crippen LogP contribution in [0.2, 0.25) is 0 Å². The van der Waals surface area contributed by atoms with Crippen molar-refractivity contribution in [3.8, 4) is 0 Å². The Balaban J connectivity index is 1.55. The van der Waals surface area contributed by atoms with Crippen LogP contribution in [-0.4, -0.2) is 229 Å². The Labute approximate surface area is 353 Å². The molecule has 20 nitrogen and oxygen atoms in total. The molecule has 0 aromatic carbocycles. The lowest BCUT2D eigenvalue weighted by molar-refractivity contribution is -0.140. The molecule has 0 radical (unpaired) electrons. The third kappa shape index (κ3) is 30.1. The normalized spacial score (nSPS) is 15.3. The molecule has 0 atom stereocenters. The number of carbonyl (C=O) groups excluding carboxylic acids is 4. The van der Waals surface area contributed by atoms with Gasteiger partial charge in [0.15, 0.2) is 0 Å². The monoisotopic (exact) mass is 858 g/mol. The molecule has 0 aromatic rings. The molecule has 2 fully saturated rings. The van der Waals surface area contributed by atoms with E-state index in [2.05, 4.69) is 9.80 Å². The average Bonchev–Trinajstić information content (AvgIpc) is 3.26. The van der Waals surface area contributed by atoms with Crippen LogP contribution in [0.1, 0.15) is 0 Å². The minimum absolute atomic E-state index is 0.0513. The maximum atomic E-state index is 12.3. The van der Waals surface area contributed by atoms with Crippen LogP contribution in [0.15, 0.2) is 49.1 Å². The highest BCUT2D eigenvalue weighted by Gasteiger charge is 2.13. The fraction of sp³-hybridized carbons (Fsp3) is 0.700. The van der Waals surface area contributed by atoms with Crippen LogP contribution in [0.3, 0.4) is 0 Å². The fourth-order valence-electron chi connectivity index (χ4n) is 5.00. The van der Waals surface area contributed by atoms with Crippen LogP contribution >= 0.6 is 0 Å². The van der Waals surface area contributed by atoms with Gasteiger partial charge in [0.05, 0.1) is 92.5 Å². The minimum atomic E-state index is -0.555. The average molecular weight is 859 g/mol. The Kier molecular flexibility index (Phi) is 32.1. The smallest absolute Gasteiger partial charge is 0.332 e. The molecule has 2 aliphatic heterocycles. The molecule has 342 valence electrons. The van der Waals surface area contributed by atoms with E-state index in [9.17, 15) is 19.2 Å². The third-order valence-corrected chi connectivity index (χ3v) is 8.29. The molecular weight excluding hydrogens is 792 g/mol. The van der Waals surface area contributed by atoms with E-state index in [1.807, 2.05) is 0 Å². The molecule has 2 heterocycles. The lowest BCUT2D eigenvalue weighted by Crippen LogP contribution is -2.39. The van der Waals surface area contributed by atoms with Gasteiger partial charge in [0.2, 0.25) is 0 Å². The molecule has 0 aliphatic carbocycles. The molecule has 0 unspecified atom stereocenters. The van der Waals surface area contributed by atoms with Crippen molar-refractivity contribution in [1.82, 2.24) is 19.6 Å². The molecule has 0 amide bonds. The van der Waals surface area contributed by atoms with E-state index in [4.69, 9.17) is 56.8 Å². The molecule has 2 aliphatic rings. The van der Waals surface area contributed by atoms with E-state index in [0.717, 1.165) is 26.2 Å². The van der Waals surface area contributed by atoms with Crippen LogP contribution in [-0.2, 0) is 76.0 Å². The first kappa shape index (κ1) is 52.2. The maximum absolute atomic E-state index is 12.3. The summed E-state index contributed by atoms with van der Waals surface area (Å²) in [5.74, 6) is -2.15. The Bertz CT molecular complexity index is 1260.